The first kappa shape index (κ1) is 10.4. The monoisotopic (exact) mass is 219 g/mol. The topological polar surface area (TPSA) is 54.9 Å². The van der Waals surface area contributed by atoms with Crippen LogP contribution in [0.1, 0.15) is 21.8 Å². The Morgan fingerprint density at radius 3 is 3.00 bits per heavy atom. The van der Waals surface area contributed by atoms with E-state index in [1.54, 1.807) is 6.92 Å². The van der Waals surface area contributed by atoms with Crippen molar-refractivity contribution >= 4 is 29.0 Å². The number of halogens is 1. The number of hydrogen-bond donors (Lipinski definition) is 1. The number of carbonyl (C=O) groups is 1. The van der Waals surface area contributed by atoms with Crippen molar-refractivity contribution in [2.45, 2.75) is 13.3 Å². The van der Waals surface area contributed by atoms with Crippen molar-refractivity contribution < 1.29 is 4.79 Å². The van der Waals surface area contributed by atoms with Crippen LogP contribution in [0.25, 0.3) is 0 Å². The zero-order valence-electron chi connectivity index (χ0n) is 7.21. The van der Waals surface area contributed by atoms with E-state index in [2.05, 4.69) is 14.9 Å². The van der Waals surface area contributed by atoms with E-state index in [-0.39, 0.29) is 5.91 Å². The Balaban J connectivity index is 2.45. The van der Waals surface area contributed by atoms with Gasteiger partial charge in [-0.15, -0.1) is 16.7 Å². The number of carbonyl (C=O) groups excluding carboxylic acids is 1. The molecule has 0 aromatic carbocycles. The first-order valence-electron chi connectivity index (χ1n) is 3.89. The normalized spacial score (nSPS) is 10.0. The highest BCUT2D eigenvalue weighted by atomic mass is 35.5. The Morgan fingerprint density at radius 2 is 2.46 bits per heavy atom. The van der Waals surface area contributed by atoms with Gasteiger partial charge in [0.05, 0.1) is 5.69 Å². The van der Waals surface area contributed by atoms with E-state index >= 15 is 0 Å². The molecule has 1 heterocycles. The van der Waals surface area contributed by atoms with Gasteiger partial charge in [0.25, 0.3) is 5.91 Å². The standard InChI is InChI=1S/C7H10ClN3OS/c1-5-6(13-11-10-5)7(12)9-4-2-3-8/h2-4H2,1H3,(H,9,12). The molecule has 0 fully saturated rings. The second-order valence-electron chi connectivity index (χ2n) is 2.49. The van der Waals surface area contributed by atoms with Crippen molar-refractivity contribution in [1.29, 1.82) is 0 Å². The van der Waals surface area contributed by atoms with Crippen LogP contribution in [0.15, 0.2) is 0 Å². The van der Waals surface area contributed by atoms with Crippen molar-refractivity contribution in [3.05, 3.63) is 10.6 Å². The van der Waals surface area contributed by atoms with Crippen LogP contribution >= 0.6 is 23.1 Å². The smallest absolute Gasteiger partial charge is 0.264 e. The van der Waals surface area contributed by atoms with Crippen LogP contribution in [-0.4, -0.2) is 27.9 Å². The molecular formula is C7H10ClN3OS. The molecule has 0 aliphatic rings. The molecule has 1 amide bonds. The van der Waals surface area contributed by atoms with Crippen LogP contribution in [-0.2, 0) is 0 Å². The minimum atomic E-state index is -0.113. The zero-order chi connectivity index (χ0) is 9.68. The zero-order valence-corrected chi connectivity index (χ0v) is 8.78. The summed E-state index contributed by atoms with van der Waals surface area (Å²) >= 11 is 6.58. The maximum Gasteiger partial charge on any atom is 0.264 e. The highest BCUT2D eigenvalue weighted by molar-refractivity contribution is 7.07. The molecule has 72 valence electrons. The molecule has 0 radical (unpaired) electrons. The summed E-state index contributed by atoms with van der Waals surface area (Å²) in [6, 6.07) is 0. The maximum atomic E-state index is 11.4. The minimum absolute atomic E-state index is 0.113. The summed E-state index contributed by atoms with van der Waals surface area (Å²) in [5.74, 6) is 0.442. The Hall–Kier alpha value is -0.680. The molecule has 0 spiro atoms. The second-order valence-corrected chi connectivity index (χ2v) is 3.62. The van der Waals surface area contributed by atoms with Crippen LogP contribution in [0.5, 0.6) is 0 Å². The highest BCUT2D eigenvalue weighted by Crippen LogP contribution is 2.07. The van der Waals surface area contributed by atoms with E-state index in [1.165, 1.54) is 0 Å². The molecule has 1 rings (SSSR count). The molecule has 1 aromatic heterocycles. The SMILES string of the molecule is Cc1nnsc1C(=O)NCCCCl. The molecule has 0 aliphatic heterocycles. The summed E-state index contributed by atoms with van der Waals surface area (Å²) in [6.07, 6.45) is 0.776. The van der Waals surface area contributed by atoms with Gasteiger partial charge in [0.15, 0.2) is 0 Å². The van der Waals surface area contributed by atoms with Crippen LogP contribution < -0.4 is 5.32 Å². The molecular weight excluding hydrogens is 210 g/mol. The molecule has 4 nitrogen and oxygen atoms in total. The van der Waals surface area contributed by atoms with Crippen LogP contribution in [0.3, 0.4) is 0 Å². The third-order valence-corrected chi connectivity index (χ3v) is 2.55. The van der Waals surface area contributed by atoms with Gasteiger partial charge in [0, 0.05) is 12.4 Å². The lowest BCUT2D eigenvalue weighted by atomic mass is 10.3. The van der Waals surface area contributed by atoms with Crippen molar-refractivity contribution in [3.8, 4) is 0 Å². The second kappa shape index (κ2) is 5.14. The van der Waals surface area contributed by atoms with Gasteiger partial charge in [-0.2, -0.15) is 0 Å². The fraction of sp³-hybridized carbons (Fsp3) is 0.571. The first-order chi connectivity index (χ1) is 6.25. The van der Waals surface area contributed by atoms with Gasteiger partial charge in [0.1, 0.15) is 4.88 Å². The number of aryl methyl sites for hydroxylation is 1. The van der Waals surface area contributed by atoms with Gasteiger partial charge in [0.2, 0.25) is 0 Å². The predicted molar refractivity (Wildman–Crippen MR) is 52.3 cm³/mol. The summed E-state index contributed by atoms with van der Waals surface area (Å²) in [4.78, 5) is 12.0. The number of nitrogens with one attached hydrogen (secondary N) is 1. The number of hydrogen-bond acceptors (Lipinski definition) is 4. The highest BCUT2D eigenvalue weighted by Gasteiger charge is 2.11. The Morgan fingerprint density at radius 1 is 1.69 bits per heavy atom. The van der Waals surface area contributed by atoms with E-state index < -0.39 is 0 Å². The summed E-state index contributed by atoms with van der Waals surface area (Å²) in [5, 5.41) is 6.48. The molecule has 0 atom stereocenters. The third-order valence-electron chi connectivity index (χ3n) is 1.45. The lowest BCUT2D eigenvalue weighted by Crippen LogP contribution is -2.24. The van der Waals surface area contributed by atoms with Crippen molar-refractivity contribution in [2.75, 3.05) is 12.4 Å². The van der Waals surface area contributed by atoms with Crippen molar-refractivity contribution in [3.63, 3.8) is 0 Å². The molecule has 0 aliphatic carbocycles. The molecule has 0 saturated carbocycles. The Labute approximate surface area is 85.5 Å². The lowest BCUT2D eigenvalue weighted by molar-refractivity contribution is 0.0957. The van der Waals surface area contributed by atoms with Gasteiger partial charge >= 0.3 is 0 Å². The number of alkyl halides is 1. The number of rotatable bonds is 4. The first-order valence-corrected chi connectivity index (χ1v) is 5.19. The molecule has 0 bridgehead atoms. The van der Waals surface area contributed by atoms with E-state index in [0.29, 0.717) is 23.0 Å². The average Bonchev–Trinajstić information content (AvgIpc) is 2.52. The van der Waals surface area contributed by atoms with Crippen molar-refractivity contribution in [2.24, 2.45) is 0 Å². The Kier molecular flexibility index (Phi) is 4.11. The summed E-state index contributed by atoms with van der Waals surface area (Å²) in [5.41, 5.74) is 0.674. The van der Waals surface area contributed by atoms with Gasteiger partial charge in [-0.3, -0.25) is 4.79 Å². The molecule has 1 aromatic rings. The number of aromatic nitrogens is 2. The summed E-state index contributed by atoms with van der Waals surface area (Å²) in [6.45, 7) is 2.36. The molecule has 1 N–H and O–H groups in total. The summed E-state index contributed by atoms with van der Waals surface area (Å²) < 4.78 is 3.68. The largest absolute Gasteiger partial charge is 0.351 e. The van der Waals surface area contributed by atoms with Gasteiger partial charge in [-0.05, 0) is 24.9 Å². The van der Waals surface area contributed by atoms with Crippen LogP contribution in [0.2, 0.25) is 0 Å². The Bertz CT molecular complexity index is 289. The van der Waals surface area contributed by atoms with Crippen LogP contribution in [0.4, 0.5) is 0 Å². The average molecular weight is 220 g/mol. The maximum absolute atomic E-state index is 11.4. The molecule has 13 heavy (non-hydrogen) atoms. The minimum Gasteiger partial charge on any atom is -0.351 e. The van der Waals surface area contributed by atoms with Crippen LogP contribution in [0, 0.1) is 6.92 Å². The van der Waals surface area contributed by atoms with E-state index in [9.17, 15) is 4.79 Å². The predicted octanol–water partition coefficient (Wildman–Crippen LogP) is 1.21. The van der Waals surface area contributed by atoms with Gasteiger partial charge in [-0.1, -0.05) is 4.49 Å². The fourth-order valence-corrected chi connectivity index (χ4v) is 1.50. The van der Waals surface area contributed by atoms with Gasteiger partial charge in [-0.25, -0.2) is 0 Å². The fourth-order valence-electron chi connectivity index (χ4n) is 0.789. The quantitative estimate of drug-likeness (QED) is 0.612. The van der Waals surface area contributed by atoms with E-state index in [0.717, 1.165) is 18.0 Å². The van der Waals surface area contributed by atoms with E-state index in [4.69, 9.17) is 11.6 Å². The summed E-state index contributed by atoms with van der Waals surface area (Å²) in [7, 11) is 0. The number of amides is 1. The third kappa shape index (κ3) is 2.93. The lowest BCUT2D eigenvalue weighted by Gasteiger charge is -2.00. The number of nitrogens with zero attached hydrogens (tertiary/aromatic N) is 2. The van der Waals surface area contributed by atoms with Crippen molar-refractivity contribution in [1.82, 2.24) is 14.9 Å². The van der Waals surface area contributed by atoms with E-state index in [1.807, 2.05) is 0 Å². The van der Waals surface area contributed by atoms with Gasteiger partial charge < -0.3 is 5.32 Å². The molecule has 0 unspecified atom stereocenters. The molecule has 6 heteroatoms. The molecule has 0 saturated heterocycles.